The van der Waals surface area contributed by atoms with Gasteiger partial charge in [0.1, 0.15) is 6.07 Å². The first-order valence-corrected chi connectivity index (χ1v) is 5.88. The van der Waals surface area contributed by atoms with Gasteiger partial charge >= 0.3 is 11.7 Å². The van der Waals surface area contributed by atoms with E-state index in [2.05, 4.69) is 4.98 Å². The van der Waals surface area contributed by atoms with Crippen molar-refractivity contribution in [1.29, 1.82) is 5.26 Å². The molecule has 2 heterocycles. The summed E-state index contributed by atoms with van der Waals surface area (Å²) in [6, 6.07) is 5.46. The highest BCUT2D eigenvalue weighted by Crippen LogP contribution is 2.34. The van der Waals surface area contributed by atoms with E-state index in [1.807, 2.05) is 0 Å². The van der Waals surface area contributed by atoms with E-state index in [0.717, 1.165) is 17.8 Å². The van der Waals surface area contributed by atoms with Gasteiger partial charge in [0.2, 0.25) is 5.76 Å². The first-order valence-electron chi connectivity index (χ1n) is 5.07. The number of aromatic carboxylic acids is 1. The standard InChI is InChI=1S/C11H5N3O5S/c12-4-6-3-7(14(17)18)10(13-5-6)20-9-2-1-8(19-9)11(15)16/h1-3,5H,(H,15,16). The monoisotopic (exact) mass is 291 g/mol. The SMILES string of the molecule is N#Cc1cnc(Sc2ccc(C(=O)O)o2)c([N+](=O)[O-])c1. The highest BCUT2D eigenvalue weighted by Gasteiger charge is 2.19. The molecule has 0 radical (unpaired) electrons. The van der Waals surface area contributed by atoms with E-state index in [1.54, 1.807) is 6.07 Å². The van der Waals surface area contributed by atoms with Gasteiger partial charge in [-0.1, -0.05) is 0 Å². The summed E-state index contributed by atoms with van der Waals surface area (Å²) in [6.07, 6.45) is 1.19. The molecule has 0 saturated heterocycles. The predicted molar refractivity (Wildman–Crippen MR) is 65.4 cm³/mol. The number of carbonyl (C=O) groups is 1. The van der Waals surface area contributed by atoms with Gasteiger partial charge in [0.25, 0.3) is 0 Å². The van der Waals surface area contributed by atoms with Crippen molar-refractivity contribution in [2.45, 2.75) is 10.1 Å². The molecular weight excluding hydrogens is 286 g/mol. The van der Waals surface area contributed by atoms with Crippen molar-refractivity contribution in [1.82, 2.24) is 4.98 Å². The van der Waals surface area contributed by atoms with E-state index >= 15 is 0 Å². The number of nitro groups is 1. The number of carboxylic acids is 1. The van der Waals surface area contributed by atoms with Crippen molar-refractivity contribution < 1.29 is 19.2 Å². The summed E-state index contributed by atoms with van der Waals surface area (Å²) in [5.41, 5.74) is -0.283. The van der Waals surface area contributed by atoms with E-state index < -0.39 is 10.9 Å². The molecule has 8 nitrogen and oxygen atoms in total. The van der Waals surface area contributed by atoms with Crippen LogP contribution in [0.4, 0.5) is 5.69 Å². The molecular formula is C11H5N3O5S. The van der Waals surface area contributed by atoms with Gasteiger partial charge in [-0.15, -0.1) is 0 Å². The van der Waals surface area contributed by atoms with Crippen LogP contribution in [0.2, 0.25) is 0 Å². The summed E-state index contributed by atoms with van der Waals surface area (Å²) in [5.74, 6) is -1.51. The van der Waals surface area contributed by atoms with Crippen LogP contribution in [0, 0.1) is 21.4 Å². The molecule has 0 unspecified atom stereocenters. The van der Waals surface area contributed by atoms with Gasteiger partial charge in [0, 0.05) is 12.3 Å². The van der Waals surface area contributed by atoms with Crippen molar-refractivity contribution in [2.75, 3.05) is 0 Å². The maximum atomic E-state index is 10.9. The number of nitriles is 1. The Labute approximate surface area is 115 Å². The number of hydrogen-bond donors (Lipinski definition) is 1. The summed E-state index contributed by atoms with van der Waals surface area (Å²) in [7, 11) is 0. The van der Waals surface area contributed by atoms with Gasteiger partial charge < -0.3 is 9.52 Å². The third-order valence-corrected chi connectivity index (χ3v) is 3.08. The van der Waals surface area contributed by atoms with E-state index in [4.69, 9.17) is 14.8 Å². The fraction of sp³-hybridized carbons (Fsp3) is 0. The van der Waals surface area contributed by atoms with Gasteiger partial charge in [0.05, 0.1) is 10.5 Å². The minimum atomic E-state index is -1.24. The van der Waals surface area contributed by atoms with Gasteiger partial charge in [-0.05, 0) is 23.9 Å². The molecule has 0 bridgehead atoms. The number of pyridine rings is 1. The molecule has 2 aromatic heterocycles. The quantitative estimate of drug-likeness (QED) is 0.670. The Hall–Kier alpha value is -2.86. The first-order chi connectivity index (χ1) is 9.51. The highest BCUT2D eigenvalue weighted by molar-refractivity contribution is 7.99. The summed E-state index contributed by atoms with van der Waals surface area (Å²) in [4.78, 5) is 24.7. The molecule has 0 aliphatic heterocycles. The molecule has 0 fully saturated rings. The van der Waals surface area contributed by atoms with E-state index in [1.165, 1.54) is 18.3 Å². The minimum Gasteiger partial charge on any atom is -0.475 e. The maximum absolute atomic E-state index is 10.9. The predicted octanol–water partition coefficient (Wildman–Crippen LogP) is 2.30. The van der Waals surface area contributed by atoms with Crippen LogP contribution in [0.25, 0.3) is 0 Å². The lowest BCUT2D eigenvalue weighted by Crippen LogP contribution is -1.94. The fourth-order valence-corrected chi connectivity index (χ4v) is 2.10. The Bertz CT molecular complexity index is 734. The second-order valence-electron chi connectivity index (χ2n) is 3.44. The molecule has 0 amide bonds. The summed E-state index contributed by atoms with van der Waals surface area (Å²) in [5, 5.41) is 28.5. The normalized spacial score (nSPS) is 9.95. The Morgan fingerprint density at radius 2 is 2.30 bits per heavy atom. The van der Waals surface area contributed by atoms with Crippen molar-refractivity contribution in [3.8, 4) is 6.07 Å². The summed E-state index contributed by atoms with van der Waals surface area (Å²) >= 11 is 0.808. The molecule has 2 aromatic rings. The van der Waals surface area contributed by atoms with Crippen LogP contribution >= 0.6 is 11.8 Å². The highest BCUT2D eigenvalue weighted by atomic mass is 32.2. The zero-order valence-corrected chi connectivity index (χ0v) is 10.5. The Morgan fingerprint density at radius 3 is 2.85 bits per heavy atom. The number of aromatic nitrogens is 1. The van der Waals surface area contributed by atoms with Crippen molar-refractivity contribution in [2.24, 2.45) is 0 Å². The summed E-state index contributed by atoms with van der Waals surface area (Å²) in [6.45, 7) is 0. The van der Waals surface area contributed by atoms with E-state index in [9.17, 15) is 14.9 Å². The van der Waals surface area contributed by atoms with Crippen LogP contribution in [-0.4, -0.2) is 21.0 Å². The molecule has 20 heavy (non-hydrogen) atoms. The Morgan fingerprint density at radius 1 is 1.55 bits per heavy atom. The molecule has 0 aromatic carbocycles. The lowest BCUT2D eigenvalue weighted by molar-refractivity contribution is -0.388. The second-order valence-corrected chi connectivity index (χ2v) is 4.44. The molecule has 1 N–H and O–H groups in total. The van der Waals surface area contributed by atoms with Crippen LogP contribution in [0.1, 0.15) is 16.1 Å². The van der Waals surface area contributed by atoms with Crippen molar-refractivity contribution in [3.63, 3.8) is 0 Å². The molecule has 2 rings (SSSR count). The lowest BCUT2D eigenvalue weighted by atomic mass is 10.3. The summed E-state index contributed by atoms with van der Waals surface area (Å²) < 4.78 is 4.98. The molecule has 0 saturated carbocycles. The van der Waals surface area contributed by atoms with E-state index in [0.29, 0.717) is 0 Å². The number of rotatable bonds is 4. The van der Waals surface area contributed by atoms with Crippen LogP contribution in [0.5, 0.6) is 0 Å². The molecule has 100 valence electrons. The number of nitrogens with zero attached hydrogens (tertiary/aromatic N) is 3. The average Bonchev–Trinajstić information content (AvgIpc) is 2.87. The Kier molecular flexibility index (Phi) is 3.67. The zero-order valence-electron chi connectivity index (χ0n) is 9.64. The third kappa shape index (κ3) is 2.76. The molecule has 0 aliphatic rings. The average molecular weight is 291 g/mol. The minimum absolute atomic E-state index is 0.0142. The maximum Gasteiger partial charge on any atom is 0.371 e. The van der Waals surface area contributed by atoms with Gasteiger partial charge in [-0.3, -0.25) is 10.1 Å². The number of carboxylic acid groups (broad SMARTS) is 1. The van der Waals surface area contributed by atoms with E-state index in [-0.39, 0.29) is 27.1 Å². The molecule has 0 spiro atoms. The van der Waals surface area contributed by atoms with Crippen molar-refractivity contribution in [3.05, 3.63) is 45.8 Å². The van der Waals surface area contributed by atoms with Crippen LogP contribution in [0.15, 0.2) is 38.9 Å². The fourth-order valence-electron chi connectivity index (χ4n) is 1.30. The lowest BCUT2D eigenvalue weighted by Gasteiger charge is -1.99. The van der Waals surface area contributed by atoms with Crippen LogP contribution in [0.3, 0.4) is 0 Å². The van der Waals surface area contributed by atoms with Gasteiger partial charge in [0.15, 0.2) is 10.1 Å². The molecule has 0 atom stereocenters. The van der Waals surface area contributed by atoms with Crippen LogP contribution in [-0.2, 0) is 0 Å². The van der Waals surface area contributed by atoms with Gasteiger partial charge in [-0.2, -0.15) is 5.26 Å². The van der Waals surface area contributed by atoms with Crippen molar-refractivity contribution >= 4 is 23.4 Å². The third-order valence-electron chi connectivity index (χ3n) is 2.15. The largest absolute Gasteiger partial charge is 0.475 e. The smallest absolute Gasteiger partial charge is 0.371 e. The Balaban J connectivity index is 2.35. The van der Waals surface area contributed by atoms with Gasteiger partial charge in [-0.25, -0.2) is 9.78 Å². The zero-order chi connectivity index (χ0) is 14.7. The molecule has 9 heteroatoms. The first kappa shape index (κ1) is 13.6. The second kappa shape index (κ2) is 5.41. The number of furan rings is 1. The topological polar surface area (TPSA) is 130 Å². The molecule has 0 aliphatic carbocycles. The number of hydrogen-bond acceptors (Lipinski definition) is 7. The van der Waals surface area contributed by atoms with Crippen LogP contribution < -0.4 is 0 Å².